The van der Waals surface area contributed by atoms with Crippen LogP contribution in [-0.2, 0) is 6.42 Å². The van der Waals surface area contributed by atoms with Gasteiger partial charge in [-0.15, -0.1) is 0 Å². The molecule has 0 saturated heterocycles. The Bertz CT molecular complexity index is 2430. The highest BCUT2D eigenvalue weighted by molar-refractivity contribution is 6.22. The van der Waals surface area contributed by atoms with Crippen LogP contribution >= 0.6 is 0 Å². The first-order valence-corrected chi connectivity index (χ1v) is 14.7. The highest BCUT2D eigenvalue weighted by atomic mass is 16.3. The van der Waals surface area contributed by atoms with E-state index in [1.54, 1.807) is 6.07 Å². The number of aryl methyl sites for hydroxylation is 1. The van der Waals surface area contributed by atoms with E-state index in [1.165, 1.54) is 33.4 Å². The zero-order valence-corrected chi connectivity index (χ0v) is 23.3. The first-order valence-electron chi connectivity index (χ1n) is 14.7. The molecule has 0 aliphatic heterocycles. The van der Waals surface area contributed by atoms with Gasteiger partial charge in [-0.05, 0) is 94.3 Å². The van der Waals surface area contributed by atoms with Crippen molar-refractivity contribution in [3.8, 4) is 28.3 Å². The van der Waals surface area contributed by atoms with Crippen LogP contribution in [-0.4, -0.2) is 0 Å². The lowest BCUT2D eigenvalue weighted by molar-refractivity contribution is 0.663. The maximum Gasteiger partial charge on any atom is 0.147 e. The van der Waals surface area contributed by atoms with Gasteiger partial charge in [0, 0.05) is 22.1 Å². The number of benzene rings is 6. The molecular weight excluding hydrogens is 526 g/mol. The van der Waals surface area contributed by atoms with Gasteiger partial charge in [0.15, 0.2) is 0 Å². The lowest BCUT2D eigenvalue weighted by Crippen LogP contribution is -2.04. The molecule has 0 spiro atoms. The average Bonchev–Trinajstić information content (AvgIpc) is 3.57. The van der Waals surface area contributed by atoms with E-state index in [-0.39, 0.29) is 5.92 Å². The summed E-state index contributed by atoms with van der Waals surface area (Å²) >= 11 is 0. The quantitative estimate of drug-likeness (QED) is 0.215. The Balaban J connectivity index is 1.24. The molecular formula is C40H25NO2. The minimum atomic E-state index is 0.271. The molecule has 6 aromatic carbocycles. The van der Waals surface area contributed by atoms with Gasteiger partial charge >= 0.3 is 0 Å². The van der Waals surface area contributed by atoms with E-state index in [9.17, 15) is 5.26 Å². The molecule has 1 aliphatic carbocycles. The summed E-state index contributed by atoms with van der Waals surface area (Å²) in [5.74, 6) is 0.271. The van der Waals surface area contributed by atoms with Gasteiger partial charge in [0.05, 0.1) is 17.0 Å². The van der Waals surface area contributed by atoms with Crippen molar-refractivity contribution in [3.05, 3.63) is 144 Å². The predicted octanol–water partition coefficient (Wildman–Crippen LogP) is 10.8. The van der Waals surface area contributed by atoms with E-state index in [0.29, 0.717) is 5.56 Å². The van der Waals surface area contributed by atoms with E-state index in [4.69, 9.17) is 8.83 Å². The molecule has 9 rings (SSSR count). The number of hydrogen-bond acceptors (Lipinski definition) is 3. The highest BCUT2D eigenvalue weighted by Crippen LogP contribution is 2.45. The third-order valence-corrected chi connectivity index (χ3v) is 9.19. The van der Waals surface area contributed by atoms with Gasteiger partial charge in [-0.2, -0.15) is 5.26 Å². The van der Waals surface area contributed by atoms with Gasteiger partial charge < -0.3 is 8.83 Å². The molecule has 202 valence electrons. The van der Waals surface area contributed by atoms with Crippen molar-refractivity contribution in [2.24, 2.45) is 0 Å². The van der Waals surface area contributed by atoms with Crippen molar-refractivity contribution in [2.75, 3.05) is 0 Å². The molecule has 3 heteroatoms. The fourth-order valence-corrected chi connectivity index (χ4v) is 7.22. The smallest absolute Gasteiger partial charge is 0.147 e. The van der Waals surface area contributed by atoms with Gasteiger partial charge in [0.2, 0.25) is 0 Å². The second-order valence-corrected chi connectivity index (χ2v) is 11.5. The summed E-state index contributed by atoms with van der Waals surface area (Å²) in [4.78, 5) is 0. The first kappa shape index (κ1) is 24.1. The number of nitrogens with zero attached hydrogens (tertiary/aromatic N) is 1. The highest BCUT2D eigenvalue weighted by Gasteiger charge is 2.25. The summed E-state index contributed by atoms with van der Waals surface area (Å²) in [7, 11) is 0. The largest absolute Gasteiger partial charge is 0.456 e. The van der Waals surface area contributed by atoms with Gasteiger partial charge in [-0.1, -0.05) is 78.9 Å². The van der Waals surface area contributed by atoms with E-state index < -0.39 is 0 Å². The Morgan fingerprint density at radius 3 is 2.14 bits per heavy atom. The standard InChI is InChI=1S/C40H25NO2/c41-23-24-13-18-36-34(21-24)33-17-20-38-39(40(33)43-36)35-22-26(15-19-37(35)42-38)28-9-3-4-11-30(28)32-16-14-25-7-1-2-8-27(25)29-10-5-6-12-31(29)32/h1-13,15,17-22,32H,14,16H2. The predicted molar refractivity (Wildman–Crippen MR) is 173 cm³/mol. The maximum absolute atomic E-state index is 9.46. The molecule has 43 heavy (non-hydrogen) atoms. The lowest BCUT2D eigenvalue weighted by atomic mass is 9.82. The minimum absolute atomic E-state index is 0.271. The van der Waals surface area contributed by atoms with Gasteiger partial charge in [-0.25, -0.2) is 0 Å². The van der Waals surface area contributed by atoms with E-state index >= 15 is 0 Å². The Hall–Kier alpha value is -5.59. The summed E-state index contributed by atoms with van der Waals surface area (Å²) in [5, 5.41) is 13.4. The molecule has 0 saturated carbocycles. The lowest BCUT2D eigenvalue weighted by Gasteiger charge is -2.22. The fourth-order valence-electron chi connectivity index (χ4n) is 7.22. The molecule has 0 radical (unpaired) electrons. The van der Waals surface area contributed by atoms with Crippen LogP contribution in [0.3, 0.4) is 0 Å². The van der Waals surface area contributed by atoms with Crippen molar-refractivity contribution in [1.82, 2.24) is 0 Å². The molecule has 1 aliphatic rings. The van der Waals surface area contributed by atoms with Gasteiger partial charge in [0.25, 0.3) is 0 Å². The van der Waals surface area contributed by atoms with Crippen LogP contribution < -0.4 is 0 Å². The SMILES string of the molecule is N#Cc1ccc2oc3c(ccc4oc5ccc(-c6ccccc6C6CCc7ccccc7-c7ccccc76)cc5c43)c2c1. The molecule has 2 aromatic heterocycles. The van der Waals surface area contributed by atoms with E-state index in [1.807, 2.05) is 24.3 Å². The minimum Gasteiger partial charge on any atom is -0.456 e. The third kappa shape index (κ3) is 3.60. The van der Waals surface area contributed by atoms with Crippen LogP contribution in [0.25, 0.3) is 66.1 Å². The molecule has 0 amide bonds. The van der Waals surface area contributed by atoms with E-state index in [2.05, 4.69) is 97.1 Å². The number of nitriles is 1. The van der Waals surface area contributed by atoms with Crippen molar-refractivity contribution < 1.29 is 8.83 Å². The summed E-state index contributed by atoms with van der Waals surface area (Å²) in [6, 6.07) is 45.0. The Morgan fingerprint density at radius 2 is 1.28 bits per heavy atom. The Kier molecular flexibility index (Phi) is 5.15. The molecule has 0 fully saturated rings. The molecule has 8 aromatic rings. The van der Waals surface area contributed by atoms with E-state index in [0.717, 1.165) is 62.3 Å². The van der Waals surface area contributed by atoms with Gasteiger partial charge in [0.1, 0.15) is 22.3 Å². The van der Waals surface area contributed by atoms with Crippen LogP contribution in [0.5, 0.6) is 0 Å². The number of furan rings is 2. The average molecular weight is 552 g/mol. The summed E-state index contributed by atoms with van der Waals surface area (Å²) in [5.41, 5.74) is 13.0. The molecule has 1 unspecified atom stereocenters. The molecule has 2 heterocycles. The monoisotopic (exact) mass is 551 g/mol. The molecule has 0 bridgehead atoms. The number of hydrogen-bond donors (Lipinski definition) is 0. The zero-order valence-electron chi connectivity index (χ0n) is 23.3. The van der Waals surface area contributed by atoms with Crippen molar-refractivity contribution >= 4 is 43.9 Å². The zero-order chi connectivity index (χ0) is 28.5. The molecule has 1 atom stereocenters. The second-order valence-electron chi connectivity index (χ2n) is 11.5. The van der Waals surface area contributed by atoms with Crippen LogP contribution in [0.2, 0.25) is 0 Å². The van der Waals surface area contributed by atoms with Gasteiger partial charge in [-0.3, -0.25) is 0 Å². The number of rotatable bonds is 2. The summed E-state index contributed by atoms with van der Waals surface area (Å²) < 4.78 is 12.7. The number of fused-ring (bicyclic) bond motifs is 10. The van der Waals surface area contributed by atoms with Crippen LogP contribution in [0.4, 0.5) is 0 Å². The van der Waals surface area contributed by atoms with Crippen molar-refractivity contribution in [2.45, 2.75) is 18.8 Å². The van der Waals surface area contributed by atoms with Crippen LogP contribution in [0, 0.1) is 11.3 Å². The second kappa shape index (κ2) is 9.21. The molecule has 0 N–H and O–H groups in total. The van der Waals surface area contributed by atoms with Crippen LogP contribution in [0.15, 0.2) is 130 Å². The van der Waals surface area contributed by atoms with Crippen molar-refractivity contribution in [1.29, 1.82) is 5.26 Å². The fraction of sp³-hybridized carbons (Fsp3) is 0.0750. The van der Waals surface area contributed by atoms with Crippen molar-refractivity contribution in [3.63, 3.8) is 0 Å². The molecule has 3 nitrogen and oxygen atoms in total. The third-order valence-electron chi connectivity index (χ3n) is 9.19. The Morgan fingerprint density at radius 1 is 0.581 bits per heavy atom. The first-order chi connectivity index (χ1) is 21.3. The topological polar surface area (TPSA) is 50.1 Å². The summed E-state index contributed by atoms with van der Waals surface area (Å²) in [6.07, 6.45) is 2.08. The normalized spacial score (nSPS) is 14.5. The summed E-state index contributed by atoms with van der Waals surface area (Å²) in [6.45, 7) is 0. The maximum atomic E-state index is 9.46. The van der Waals surface area contributed by atoms with Crippen LogP contribution in [0.1, 0.15) is 34.6 Å². The Labute approximate surface area is 248 Å².